The average Bonchev–Trinajstić information content (AvgIpc) is 2.92. The Kier molecular flexibility index (Phi) is 14.8. The van der Waals surface area contributed by atoms with Crippen LogP contribution in [0.3, 0.4) is 0 Å². The second-order valence-electron chi connectivity index (χ2n) is 15.8. The maximum atomic E-state index is 14.1. The Hall–Kier alpha value is -2.60. The second kappa shape index (κ2) is 17.2. The number of nitrogens with one attached hydrogen (secondary N) is 2. The van der Waals surface area contributed by atoms with Gasteiger partial charge in [0.1, 0.15) is 6.10 Å². The lowest BCUT2D eigenvalue weighted by Gasteiger charge is -2.53. The first-order chi connectivity index (χ1) is 21.8. The van der Waals surface area contributed by atoms with Crippen LogP contribution in [0.5, 0.6) is 0 Å². The van der Waals surface area contributed by atoms with E-state index in [-0.39, 0.29) is 6.61 Å². The molecule has 2 N–H and O–H groups in total. The number of ether oxygens (including phenoxy) is 2. The summed E-state index contributed by atoms with van der Waals surface area (Å²) >= 11 is 0. The Morgan fingerprint density at radius 2 is 1.04 bits per heavy atom. The zero-order valence-electron chi connectivity index (χ0n) is 31.1. The van der Waals surface area contributed by atoms with E-state index in [1.807, 2.05) is 69.2 Å². The third-order valence-corrected chi connectivity index (χ3v) is 9.13. The Morgan fingerprint density at radius 1 is 0.638 bits per heavy atom. The predicted octanol–water partition coefficient (Wildman–Crippen LogP) is 6.66. The SMILES string of the molecule is CCCCNC(=O)ON1C(C)(C)CC(OC(=O)C(C(=O)OCCCC)C2CC(C)(C)N(OC(=O)NCCCC)C(C)(C)C2)CC1(C)C. The standard InChI is InChI=1S/C35H64N4O8/c1-12-15-18-36-30(42)46-38-32(4,5)21-25(22-33(38,6)7)27(28(40)44-20-17-14-3)29(41)45-26-23-34(8,9)39(35(10,11)24-26)47-31(43)37-19-16-13-2/h25-27H,12-24H2,1-11H3,(H,36,42)(H,37,43). The van der Waals surface area contributed by atoms with E-state index in [9.17, 15) is 19.2 Å². The van der Waals surface area contributed by atoms with Crippen molar-refractivity contribution in [2.45, 2.75) is 169 Å². The van der Waals surface area contributed by atoms with Crippen molar-refractivity contribution in [3.63, 3.8) is 0 Å². The molecule has 0 radical (unpaired) electrons. The van der Waals surface area contributed by atoms with Crippen LogP contribution in [0, 0.1) is 11.8 Å². The first-order valence-corrected chi connectivity index (χ1v) is 17.7. The average molecular weight is 669 g/mol. The number of piperidine rings is 2. The van der Waals surface area contributed by atoms with Crippen molar-refractivity contribution in [3.8, 4) is 0 Å². The Balaban J connectivity index is 2.27. The van der Waals surface area contributed by atoms with Crippen molar-refractivity contribution in [3.05, 3.63) is 0 Å². The van der Waals surface area contributed by atoms with Gasteiger partial charge in [-0.15, -0.1) is 10.1 Å². The molecule has 0 aliphatic carbocycles. The van der Waals surface area contributed by atoms with Crippen molar-refractivity contribution in [1.82, 2.24) is 20.8 Å². The minimum atomic E-state index is -1.14. The van der Waals surface area contributed by atoms with Crippen molar-refractivity contribution in [1.29, 1.82) is 0 Å². The smallest absolute Gasteiger partial charge is 0.426 e. The molecule has 0 aromatic carbocycles. The molecule has 2 rings (SSSR count). The largest absolute Gasteiger partial charge is 0.465 e. The van der Waals surface area contributed by atoms with Crippen LogP contribution in [0.25, 0.3) is 0 Å². The molecular weight excluding hydrogens is 604 g/mol. The van der Waals surface area contributed by atoms with Crippen LogP contribution in [-0.2, 0) is 28.7 Å². The second-order valence-corrected chi connectivity index (χ2v) is 15.8. The summed E-state index contributed by atoms with van der Waals surface area (Å²) in [6.45, 7) is 23.0. The fourth-order valence-corrected chi connectivity index (χ4v) is 7.42. The van der Waals surface area contributed by atoms with E-state index < -0.39 is 64.2 Å². The molecule has 0 aromatic heterocycles. The summed E-state index contributed by atoms with van der Waals surface area (Å²) in [6.07, 6.45) is 5.21. The van der Waals surface area contributed by atoms with Gasteiger partial charge >= 0.3 is 24.1 Å². The highest BCUT2D eigenvalue weighted by molar-refractivity contribution is 5.95. The molecule has 12 heteroatoms. The van der Waals surface area contributed by atoms with Crippen LogP contribution in [0.15, 0.2) is 0 Å². The van der Waals surface area contributed by atoms with Gasteiger partial charge < -0.3 is 29.8 Å². The highest BCUT2D eigenvalue weighted by Gasteiger charge is 2.54. The van der Waals surface area contributed by atoms with Gasteiger partial charge in [-0.25, -0.2) is 9.59 Å². The maximum absolute atomic E-state index is 14.1. The first-order valence-electron chi connectivity index (χ1n) is 17.7. The Morgan fingerprint density at radius 3 is 1.45 bits per heavy atom. The van der Waals surface area contributed by atoms with Crippen LogP contribution < -0.4 is 10.6 Å². The molecule has 2 aliphatic heterocycles. The summed E-state index contributed by atoms with van der Waals surface area (Å²) in [4.78, 5) is 64.6. The van der Waals surface area contributed by atoms with E-state index in [0.29, 0.717) is 45.2 Å². The lowest BCUT2D eigenvalue weighted by Crippen LogP contribution is -2.64. The lowest BCUT2D eigenvalue weighted by atomic mass is 9.70. The topological polar surface area (TPSA) is 136 Å². The number of carbonyl (C=O) groups excluding carboxylic acids is 4. The van der Waals surface area contributed by atoms with Crippen LogP contribution in [-0.4, -0.2) is 82.2 Å². The van der Waals surface area contributed by atoms with Crippen LogP contribution >= 0.6 is 0 Å². The Bertz CT molecular complexity index is 1020. The van der Waals surface area contributed by atoms with Gasteiger partial charge in [0.05, 0.1) is 28.8 Å². The minimum absolute atomic E-state index is 0.224. The number of hydrogen-bond acceptors (Lipinski definition) is 10. The molecule has 2 saturated heterocycles. The van der Waals surface area contributed by atoms with Crippen LogP contribution in [0.1, 0.15) is 140 Å². The van der Waals surface area contributed by atoms with E-state index >= 15 is 0 Å². The zero-order valence-corrected chi connectivity index (χ0v) is 31.1. The van der Waals surface area contributed by atoms with Crippen molar-refractivity contribution >= 4 is 24.1 Å². The van der Waals surface area contributed by atoms with Crippen LogP contribution in [0.2, 0.25) is 0 Å². The maximum Gasteiger partial charge on any atom is 0.426 e. The van der Waals surface area contributed by atoms with Gasteiger partial charge in [-0.1, -0.05) is 40.0 Å². The third kappa shape index (κ3) is 11.5. The van der Waals surface area contributed by atoms with Gasteiger partial charge in [-0.05, 0) is 93.4 Å². The van der Waals surface area contributed by atoms with Gasteiger partial charge in [-0.2, -0.15) is 0 Å². The number of nitrogens with zero attached hydrogens (tertiary/aromatic N) is 2. The molecule has 2 amide bonds. The van der Waals surface area contributed by atoms with Crippen molar-refractivity contribution in [2.24, 2.45) is 11.8 Å². The summed E-state index contributed by atoms with van der Waals surface area (Å²) in [5, 5.41) is 8.99. The summed E-state index contributed by atoms with van der Waals surface area (Å²) in [5.74, 6) is -2.76. The number of rotatable bonds is 15. The minimum Gasteiger partial charge on any atom is -0.465 e. The third-order valence-electron chi connectivity index (χ3n) is 9.13. The van der Waals surface area contributed by atoms with Crippen molar-refractivity contribution in [2.75, 3.05) is 19.7 Å². The van der Waals surface area contributed by atoms with Crippen molar-refractivity contribution < 1.29 is 38.3 Å². The molecular formula is C35H64N4O8. The number of carbonyl (C=O) groups is 4. The molecule has 0 aromatic rings. The van der Waals surface area contributed by atoms with E-state index in [1.54, 1.807) is 10.1 Å². The number of hydroxylamine groups is 4. The van der Waals surface area contributed by atoms with Gasteiger partial charge in [0.2, 0.25) is 0 Å². The molecule has 2 fully saturated rings. The molecule has 0 saturated carbocycles. The highest BCUT2D eigenvalue weighted by Crippen LogP contribution is 2.46. The number of hydrogen-bond donors (Lipinski definition) is 2. The predicted molar refractivity (Wildman–Crippen MR) is 180 cm³/mol. The summed E-state index contributed by atoms with van der Waals surface area (Å²) in [7, 11) is 0. The van der Waals surface area contributed by atoms with E-state index in [2.05, 4.69) is 17.6 Å². The molecule has 0 bridgehead atoms. The highest BCUT2D eigenvalue weighted by atomic mass is 16.7. The van der Waals surface area contributed by atoms with Crippen LogP contribution in [0.4, 0.5) is 9.59 Å². The van der Waals surface area contributed by atoms with Gasteiger partial charge in [0, 0.05) is 25.9 Å². The summed E-state index contributed by atoms with van der Waals surface area (Å²) in [5.41, 5.74) is -2.70. The van der Waals surface area contributed by atoms with Gasteiger partial charge in [0.15, 0.2) is 5.92 Å². The zero-order chi connectivity index (χ0) is 35.6. The normalized spacial score (nSPS) is 21.7. The molecule has 47 heavy (non-hydrogen) atoms. The van der Waals surface area contributed by atoms with Gasteiger partial charge in [0.25, 0.3) is 0 Å². The quantitative estimate of drug-likeness (QED) is 0.111. The number of esters is 2. The monoisotopic (exact) mass is 668 g/mol. The fraction of sp³-hybridized carbons (Fsp3) is 0.886. The molecule has 272 valence electrons. The summed E-state index contributed by atoms with van der Waals surface area (Å²) < 4.78 is 11.8. The number of unbranched alkanes of at least 4 members (excludes halogenated alkanes) is 3. The Labute approximate surface area is 283 Å². The van der Waals surface area contributed by atoms with E-state index in [4.69, 9.17) is 19.1 Å². The first kappa shape index (κ1) is 40.6. The molecule has 2 aliphatic rings. The molecule has 0 spiro atoms. The summed E-state index contributed by atoms with van der Waals surface area (Å²) in [6, 6.07) is 0. The van der Waals surface area contributed by atoms with E-state index in [0.717, 1.165) is 32.1 Å². The van der Waals surface area contributed by atoms with E-state index in [1.165, 1.54) is 0 Å². The lowest BCUT2D eigenvalue weighted by molar-refractivity contribution is -0.259. The molecule has 1 atom stereocenters. The van der Waals surface area contributed by atoms with Gasteiger partial charge in [-0.3, -0.25) is 9.59 Å². The molecule has 12 nitrogen and oxygen atoms in total. The molecule has 1 unspecified atom stereocenters. The fourth-order valence-electron chi connectivity index (χ4n) is 7.42. The molecule has 2 heterocycles. The number of amides is 2.